The zero-order chi connectivity index (χ0) is 11.2. The van der Waals surface area contributed by atoms with Gasteiger partial charge >= 0.3 is 5.97 Å². The Bertz CT molecular complexity index is 423. The Morgan fingerprint density at radius 1 is 1.38 bits per heavy atom. The van der Waals surface area contributed by atoms with Crippen LogP contribution in [0.25, 0.3) is 0 Å². The number of hydrogen-bond acceptors (Lipinski definition) is 4. The number of ether oxygens (including phenoxy) is 2. The summed E-state index contributed by atoms with van der Waals surface area (Å²) < 4.78 is 10.00. The van der Waals surface area contributed by atoms with Crippen molar-refractivity contribution in [2.75, 3.05) is 6.54 Å². The van der Waals surface area contributed by atoms with E-state index in [0.29, 0.717) is 6.54 Å². The van der Waals surface area contributed by atoms with Gasteiger partial charge in [-0.2, -0.15) is 0 Å². The number of benzene rings is 1. The molecular weight excluding hydrogens is 206 g/mol. The van der Waals surface area contributed by atoms with Crippen LogP contribution in [0.1, 0.15) is 5.56 Å². The second-order valence-corrected chi connectivity index (χ2v) is 3.22. The molecule has 0 aromatic heterocycles. The van der Waals surface area contributed by atoms with Gasteiger partial charge in [0.2, 0.25) is 5.76 Å². The van der Waals surface area contributed by atoms with E-state index in [1.54, 1.807) is 6.08 Å². The fourth-order valence-corrected chi connectivity index (χ4v) is 1.25. The summed E-state index contributed by atoms with van der Waals surface area (Å²) in [5, 5.41) is 0. The van der Waals surface area contributed by atoms with Crippen molar-refractivity contribution >= 4 is 12.4 Å². The summed E-state index contributed by atoms with van der Waals surface area (Å²) in [6, 6.07) is 9.49. The number of rotatable bonds is 3. The second kappa shape index (κ2) is 5.11. The van der Waals surface area contributed by atoms with Gasteiger partial charge in [-0.1, -0.05) is 30.3 Å². The molecule has 4 heteroatoms. The predicted molar refractivity (Wildman–Crippen MR) is 58.8 cm³/mol. The van der Waals surface area contributed by atoms with E-state index in [1.165, 1.54) is 6.40 Å². The van der Waals surface area contributed by atoms with Crippen molar-refractivity contribution in [3.05, 3.63) is 47.7 Å². The first-order chi connectivity index (χ1) is 7.86. The molecule has 82 valence electrons. The maximum atomic E-state index is 11.5. The number of esters is 1. The van der Waals surface area contributed by atoms with Crippen molar-refractivity contribution in [2.45, 2.75) is 6.61 Å². The first kappa shape index (κ1) is 10.4. The molecule has 1 aliphatic rings. The largest absolute Gasteiger partial charge is 0.455 e. The predicted octanol–water partition coefficient (Wildman–Crippen LogP) is 1.67. The van der Waals surface area contributed by atoms with Crippen molar-refractivity contribution in [3.63, 3.8) is 0 Å². The average molecular weight is 217 g/mol. The third-order valence-electron chi connectivity index (χ3n) is 2.05. The van der Waals surface area contributed by atoms with Gasteiger partial charge in [-0.25, -0.2) is 4.79 Å². The van der Waals surface area contributed by atoms with Crippen LogP contribution in [-0.2, 0) is 20.9 Å². The van der Waals surface area contributed by atoms with Gasteiger partial charge in [-0.15, -0.1) is 0 Å². The third-order valence-corrected chi connectivity index (χ3v) is 2.05. The molecule has 4 nitrogen and oxygen atoms in total. The lowest BCUT2D eigenvalue weighted by atomic mass is 10.2. The number of carbonyl (C=O) groups is 1. The van der Waals surface area contributed by atoms with Crippen LogP contribution in [0.3, 0.4) is 0 Å². The highest BCUT2D eigenvalue weighted by molar-refractivity contribution is 5.88. The van der Waals surface area contributed by atoms with Gasteiger partial charge in [0.1, 0.15) is 6.61 Å². The molecular formula is C12H11NO3. The molecule has 0 aliphatic carbocycles. The number of hydrogen-bond donors (Lipinski definition) is 0. The van der Waals surface area contributed by atoms with Gasteiger partial charge in [0.25, 0.3) is 0 Å². The van der Waals surface area contributed by atoms with Gasteiger partial charge < -0.3 is 9.47 Å². The summed E-state index contributed by atoms with van der Waals surface area (Å²) in [4.78, 5) is 15.3. The van der Waals surface area contributed by atoms with Crippen LogP contribution in [0.2, 0.25) is 0 Å². The highest BCUT2D eigenvalue weighted by atomic mass is 16.6. The van der Waals surface area contributed by atoms with E-state index >= 15 is 0 Å². The summed E-state index contributed by atoms with van der Waals surface area (Å²) >= 11 is 0. The van der Waals surface area contributed by atoms with E-state index in [2.05, 4.69) is 4.99 Å². The van der Waals surface area contributed by atoms with E-state index in [-0.39, 0.29) is 12.4 Å². The SMILES string of the molecule is O=C(OCc1ccccc1)C1=CCN=CO1. The Morgan fingerprint density at radius 2 is 2.19 bits per heavy atom. The topological polar surface area (TPSA) is 47.9 Å². The smallest absolute Gasteiger partial charge is 0.374 e. The Hall–Kier alpha value is -2.10. The minimum atomic E-state index is -0.463. The van der Waals surface area contributed by atoms with Crippen molar-refractivity contribution < 1.29 is 14.3 Å². The first-order valence-electron chi connectivity index (χ1n) is 4.92. The van der Waals surface area contributed by atoms with E-state index in [1.807, 2.05) is 30.3 Å². The van der Waals surface area contributed by atoms with Gasteiger partial charge in [0.05, 0.1) is 6.54 Å². The summed E-state index contributed by atoms with van der Waals surface area (Å²) in [7, 11) is 0. The van der Waals surface area contributed by atoms with Crippen LogP contribution in [0.5, 0.6) is 0 Å². The number of carbonyl (C=O) groups excluding carboxylic acids is 1. The minimum Gasteiger partial charge on any atom is -0.455 e. The molecule has 0 amide bonds. The molecule has 16 heavy (non-hydrogen) atoms. The van der Waals surface area contributed by atoms with Gasteiger partial charge in [0.15, 0.2) is 6.40 Å². The van der Waals surface area contributed by atoms with Gasteiger partial charge in [0, 0.05) is 0 Å². The summed E-state index contributed by atoms with van der Waals surface area (Å²) in [5.74, 6) is -0.263. The van der Waals surface area contributed by atoms with Crippen LogP contribution in [0, 0.1) is 0 Å². The van der Waals surface area contributed by atoms with E-state index < -0.39 is 5.97 Å². The van der Waals surface area contributed by atoms with Crippen molar-refractivity contribution in [1.29, 1.82) is 0 Å². The van der Waals surface area contributed by atoms with Crippen LogP contribution in [0.15, 0.2) is 47.2 Å². The third kappa shape index (κ3) is 2.70. The van der Waals surface area contributed by atoms with E-state index in [0.717, 1.165) is 5.56 Å². The molecule has 2 rings (SSSR count). The molecule has 0 N–H and O–H groups in total. The van der Waals surface area contributed by atoms with Crippen molar-refractivity contribution in [2.24, 2.45) is 4.99 Å². The summed E-state index contributed by atoms with van der Waals surface area (Å²) in [6.45, 7) is 0.702. The Labute approximate surface area is 93.2 Å². The molecule has 0 unspecified atom stereocenters. The molecule has 0 atom stereocenters. The lowest BCUT2D eigenvalue weighted by Gasteiger charge is -2.08. The highest BCUT2D eigenvalue weighted by Crippen LogP contribution is 2.06. The summed E-state index contributed by atoms with van der Waals surface area (Å²) in [5.41, 5.74) is 0.945. The molecule has 1 aromatic rings. The van der Waals surface area contributed by atoms with Crippen LogP contribution in [-0.4, -0.2) is 18.9 Å². The molecule has 0 saturated carbocycles. The van der Waals surface area contributed by atoms with Gasteiger partial charge in [-0.05, 0) is 11.6 Å². The quantitative estimate of drug-likeness (QED) is 0.723. The molecule has 1 aliphatic heterocycles. The van der Waals surface area contributed by atoms with Crippen molar-refractivity contribution in [1.82, 2.24) is 0 Å². The monoisotopic (exact) mass is 217 g/mol. The van der Waals surface area contributed by atoms with Crippen LogP contribution < -0.4 is 0 Å². The zero-order valence-corrected chi connectivity index (χ0v) is 8.63. The fraction of sp³-hybridized carbons (Fsp3) is 0.167. The van der Waals surface area contributed by atoms with E-state index in [9.17, 15) is 4.79 Å². The highest BCUT2D eigenvalue weighted by Gasteiger charge is 2.13. The molecule has 0 bridgehead atoms. The molecule has 0 spiro atoms. The Balaban J connectivity index is 1.87. The standard InChI is InChI=1S/C12H11NO3/c14-12(11-6-7-13-9-16-11)15-8-10-4-2-1-3-5-10/h1-6,9H,7-8H2. The number of nitrogens with zero attached hydrogens (tertiary/aromatic N) is 1. The van der Waals surface area contributed by atoms with E-state index in [4.69, 9.17) is 9.47 Å². The number of aliphatic imine (C=N–C) groups is 1. The fourth-order valence-electron chi connectivity index (χ4n) is 1.25. The minimum absolute atomic E-state index is 0.200. The lowest BCUT2D eigenvalue weighted by molar-refractivity contribution is -0.143. The zero-order valence-electron chi connectivity index (χ0n) is 8.63. The van der Waals surface area contributed by atoms with Crippen LogP contribution >= 0.6 is 0 Å². The first-order valence-corrected chi connectivity index (χ1v) is 4.92. The van der Waals surface area contributed by atoms with Gasteiger partial charge in [-0.3, -0.25) is 4.99 Å². The second-order valence-electron chi connectivity index (χ2n) is 3.22. The van der Waals surface area contributed by atoms with Crippen LogP contribution in [0.4, 0.5) is 0 Å². The Morgan fingerprint density at radius 3 is 2.88 bits per heavy atom. The maximum absolute atomic E-state index is 11.5. The molecule has 1 aromatic carbocycles. The molecule has 0 radical (unpaired) electrons. The molecule has 1 heterocycles. The summed E-state index contributed by atoms with van der Waals surface area (Å²) in [6.07, 6.45) is 2.84. The maximum Gasteiger partial charge on any atom is 0.374 e. The lowest BCUT2D eigenvalue weighted by Crippen LogP contribution is -2.12. The normalized spacial score (nSPS) is 13.9. The Kier molecular flexibility index (Phi) is 3.33. The van der Waals surface area contributed by atoms with Crippen molar-refractivity contribution in [3.8, 4) is 0 Å². The average Bonchev–Trinajstić information content (AvgIpc) is 2.38. The molecule has 0 saturated heterocycles. The molecule has 0 fully saturated rings.